The number of aromatic nitrogens is 4. The van der Waals surface area contributed by atoms with Crippen molar-refractivity contribution in [3.63, 3.8) is 0 Å². The SMILES string of the molecule is C[C@@H]1CN(c2ccc(Nc3ncc4cc5n(c4n3)C3CCCC3N(C)C5=O)nc2)CCN1C(=O)OC(C)(C)C. The van der Waals surface area contributed by atoms with Gasteiger partial charge in [-0.1, -0.05) is 0 Å². The van der Waals surface area contributed by atoms with Gasteiger partial charge in [-0.05, 0) is 65.2 Å². The highest BCUT2D eigenvalue weighted by molar-refractivity contribution is 5.99. The molecule has 1 aliphatic carbocycles. The lowest BCUT2D eigenvalue weighted by molar-refractivity contribution is 0.0159. The zero-order chi connectivity index (χ0) is 27.5. The second-order valence-corrected chi connectivity index (χ2v) is 11.8. The number of piperazine rings is 1. The first-order chi connectivity index (χ1) is 18.6. The monoisotopic (exact) mass is 532 g/mol. The van der Waals surface area contributed by atoms with Crippen molar-refractivity contribution in [2.75, 3.05) is 36.9 Å². The molecule has 39 heavy (non-hydrogen) atoms. The molecule has 0 aromatic carbocycles. The van der Waals surface area contributed by atoms with E-state index in [2.05, 4.69) is 24.8 Å². The van der Waals surface area contributed by atoms with E-state index in [-0.39, 0.29) is 30.1 Å². The number of hydrogen-bond donors (Lipinski definition) is 1. The Bertz CT molecular complexity index is 1410. The molecular weight excluding hydrogens is 496 g/mol. The molecule has 11 heteroatoms. The third-order valence-electron chi connectivity index (χ3n) is 8.00. The molecule has 2 amide bonds. The molecular formula is C28H36N8O3. The minimum Gasteiger partial charge on any atom is -0.444 e. The summed E-state index contributed by atoms with van der Waals surface area (Å²) in [5.41, 5.74) is 1.95. The number of amides is 2. The molecule has 1 saturated heterocycles. The van der Waals surface area contributed by atoms with Gasteiger partial charge in [0.25, 0.3) is 5.91 Å². The molecule has 0 bridgehead atoms. The van der Waals surface area contributed by atoms with Crippen LogP contribution in [0, 0.1) is 0 Å². The number of likely N-dealkylation sites (N-methyl/N-ethyl adjacent to an activating group) is 1. The van der Waals surface area contributed by atoms with E-state index in [0.29, 0.717) is 37.1 Å². The highest BCUT2D eigenvalue weighted by Gasteiger charge is 2.42. The molecule has 1 saturated carbocycles. The van der Waals surface area contributed by atoms with Crippen LogP contribution in [0.3, 0.4) is 0 Å². The average Bonchev–Trinajstić information content (AvgIpc) is 3.51. The average molecular weight is 533 g/mol. The summed E-state index contributed by atoms with van der Waals surface area (Å²) in [7, 11) is 1.90. The summed E-state index contributed by atoms with van der Waals surface area (Å²) in [6.07, 6.45) is 6.49. The lowest BCUT2D eigenvalue weighted by atomic mass is 10.1. The van der Waals surface area contributed by atoms with Crippen LogP contribution < -0.4 is 10.2 Å². The van der Waals surface area contributed by atoms with Crippen molar-refractivity contribution >= 4 is 40.5 Å². The van der Waals surface area contributed by atoms with E-state index >= 15 is 0 Å². The van der Waals surface area contributed by atoms with E-state index in [1.54, 1.807) is 11.1 Å². The van der Waals surface area contributed by atoms with Crippen molar-refractivity contribution in [2.24, 2.45) is 0 Å². The van der Waals surface area contributed by atoms with Gasteiger partial charge in [0.1, 0.15) is 22.8 Å². The van der Waals surface area contributed by atoms with Gasteiger partial charge in [0.05, 0.1) is 24.0 Å². The van der Waals surface area contributed by atoms with E-state index in [9.17, 15) is 9.59 Å². The highest BCUT2D eigenvalue weighted by Crippen LogP contribution is 2.41. The first-order valence-electron chi connectivity index (χ1n) is 13.7. The number of nitrogens with zero attached hydrogens (tertiary/aromatic N) is 7. The summed E-state index contributed by atoms with van der Waals surface area (Å²) in [5.74, 6) is 1.13. The molecule has 2 unspecified atom stereocenters. The minimum absolute atomic E-state index is 0.0191. The Hall–Kier alpha value is -3.89. The molecule has 2 fully saturated rings. The van der Waals surface area contributed by atoms with Gasteiger partial charge in [-0.2, -0.15) is 4.98 Å². The fourth-order valence-corrected chi connectivity index (χ4v) is 6.12. The Morgan fingerprint density at radius 1 is 1.10 bits per heavy atom. The number of rotatable bonds is 3. The van der Waals surface area contributed by atoms with Crippen LogP contribution in [0.1, 0.15) is 63.5 Å². The Balaban J connectivity index is 1.16. The third kappa shape index (κ3) is 4.63. The molecule has 3 aromatic rings. The van der Waals surface area contributed by atoms with Gasteiger partial charge in [0, 0.05) is 44.3 Å². The number of fused-ring (bicyclic) bond motifs is 5. The van der Waals surface area contributed by atoms with Crippen LogP contribution in [0.15, 0.2) is 30.6 Å². The predicted molar refractivity (Wildman–Crippen MR) is 148 cm³/mol. The minimum atomic E-state index is -0.511. The van der Waals surface area contributed by atoms with Gasteiger partial charge in [0.2, 0.25) is 5.95 Å². The molecule has 1 N–H and O–H groups in total. The number of ether oxygens (including phenoxy) is 1. The lowest BCUT2D eigenvalue weighted by Gasteiger charge is -2.41. The molecule has 6 rings (SSSR count). The van der Waals surface area contributed by atoms with Gasteiger partial charge >= 0.3 is 6.09 Å². The fraction of sp³-hybridized carbons (Fsp3) is 0.536. The highest BCUT2D eigenvalue weighted by atomic mass is 16.6. The summed E-state index contributed by atoms with van der Waals surface area (Å²) in [5, 5.41) is 4.09. The van der Waals surface area contributed by atoms with E-state index in [4.69, 9.17) is 9.72 Å². The normalized spacial score (nSPS) is 23.2. The van der Waals surface area contributed by atoms with Crippen LogP contribution >= 0.6 is 0 Å². The van der Waals surface area contributed by atoms with Gasteiger partial charge < -0.3 is 29.3 Å². The van der Waals surface area contributed by atoms with Crippen molar-refractivity contribution in [2.45, 2.75) is 70.7 Å². The summed E-state index contributed by atoms with van der Waals surface area (Å²) < 4.78 is 7.68. The largest absolute Gasteiger partial charge is 0.444 e. The number of hydrogen-bond acceptors (Lipinski definition) is 8. The summed E-state index contributed by atoms with van der Waals surface area (Å²) in [6, 6.07) is 6.32. The fourth-order valence-electron chi connectivity index (χ4n) is 6.12. The first-order valence-corrected chi connectivity index (χ1v) is 13.7. The van der Waals surface area contributed by atoms with Crippen molar-refractivity contribution in [3.8, 4) is 0 Å². The second kappa shape index (κ2) is 9.39. The van der Waals surface area contributed by atoms with Crippen LogP contribution in [0.2, 0.25) is 0 Å². The Morgan fingerprint density at radius 2 is 1.90 bits per heavy atom. The number of carbonyl (C=O) groups is 2. The van der Waals surface area contributed by atoms with Gasteiger partial charge in [0.15, 0.2) is 0 Å². The zero-order valence-electron chi connectivity index (χ0n) is 23.2. The van der Waals surface area contributed by atoms with Crippen LogP contribution in [-0.2, 0) is 4.74 Å². The van der Waals surface area contributed by atoms with Crippen molar-refractivity contribution in [1.29, 1.82) is 0 Å². The van der Waals surface area contributed by atoms with Crippen molar-refractivity contribution in [1.82, 2.24) is 29.3 Å². The molecule has 0 radical (unpaired) electrons. The molecule has 3 aliphatic rings. The molecule has 0 spiro atoms. The molecule has 206 valence electrons. The predicted octanol–water partition coefficient (Wildman–Crippen LogP) is 4.19. The van der Waals surface area contributed by atoms with Gasteiger partial charge in [-0.3, -0.25) is 4.79 Å². The van der Waals surface area contributed by atoms with Crippen LogP contribution in [0.5, 0.6) is 0 Å². The smallest absolute Gasteiger partial charge is 0.410 e. The Morgan fingerprint density at radius 3 is 2.62 bits per heavy atom. The third-order valence-corrected chi connectivity index (χ3v) is 8.00. The van der Waals surface area contributed by atoms with Gasteiger partial charge in [-0.25, -0.2) is 14.8 Å². The maximum atomic E-state index is 13.0. The number of anilines is 3. The molecule has 5 heterocycles. The maximum Gasteiger partial charge on any atom is 0.410 e. The van der Waals surface area contributed by atoms with Crippen molar-refractivity contribution < 1.29 is 14.3 Å². The number of pyridine rings is 1. The zero-order valence-corrected chi connectivity index (χ0v) is 23.2. The lowest BCUT2D eigenvalue weighted by Crippen LogP contribution is -2.55. The molecule has 3 aromatic heterocycles. The van der Waals surface area contributed by atoms with E-state index in [1.807, 2.05) is 64.0 Å². The van der Waals surface area contributed by atoms with E-state index in [0.717, 1.165) is 36.0 Å². The summed E-state index contributed by atoms with van der Waals surface area (Å²) >= 11 is 0. The summed E-state index contributed by atoms with van der Waals surface area (Å²) in [4.78, 5) is 45.3. The molecule has 3 atom stereocenters. The first kappa shape index (κ1) is 25.4. The standard InChI is InChI=1S/C28H36N8O3/c1-17-16-34(11-12-35(17)27(38)39-28(2,3)4)19-9-10-23(29-15-19)31-26-30-14-18-13-22-25(37)33(5)20-7-6-8-21(20)36(22)24(18)32-26/h9-10,13-15,17,20-21H,6-8,11-12,16H2,1-5H3,(H,29,30,31,32)/t17-,20?,21?/m1/s1. The number of nitrogens with one attached hydrogen (secondary N) is 1. The van der Waals surface area contributed by atoms with E-state index < -0.39 is 5.60 Å². The molecule has 11 nitrogen and oxygen atoms in total. The topological polar surface area (TPSA) is 109 Å². The quantitative estimate of drug-likeness (QED) is 0.535. The van der Waals surface area contributed by atoms with Gasteiger partial charge in [-0.15, -0.1) is 0 Å². The van der Waals surface area contributed by atoms with E-state index in [1.165, 1.54) is 0 Å². The Labute approximate surface area is 228 Å². The summed E-state index contributed by atoms with van der Waals surface area (Å²) in [6.45, 7) is 9.67. The molecule has 2 aliphatic heterocycles. The van der Waals surface area contributed by atoms with Crippen LogP contribution in [0.4, 0.5) is 22.2 Å². The second-order valence-electron chi connectivity index (χ2n) is 11.8. The van der Waals surface area contributed by atoms with Crippen LogP contribution in [-0.4, -0.2) is 85.7 Å². The Kier molecular flexibility index (Phi) is 6.11. The van der Waals surface area contributed by atoms with Crippen LogP contribution in [0.25, 0.3) is 11.0 Å². The number of carbonyl (C=O) groups excluding carboxylic acids is 2. The maximum absolute atomic E-state index is 13.0. The van der Waals surface area contributed by atoms with Crippen molar-refractivity contribution in [3.05, 3.63) is 36.3 Å².